The Morgan fingerprint density at radius 3 is 0.987 bits per heavy atom. The van der Waals surface area contributed by atoms with Crippen LogP contribution in [-0.2, 0) is 5.41 Å². The fourth-order valence-electron chi connectivity index (χ4n) is 12.7. The molecule has 2 nitrogen and oxygen atoms in total. The van der Waals surface area contributed by atoms with Gasteiger partial charge in [-0.3, -0.25) is 0 Å². The molecule has 0 saturated carbocycles. The largest absolute Gasteiger partial charge is 0.309 e. The molecule has 2 heteroatoms. The fourth-order valence-corrected chi connectivity index (χ4v) is 12.7. The van der Waals surface area contributed by atoms with Crippen molar-refractivity contribution in [1.29, 1.82) is 0 Å². The van der Waals surface area contributed by atoms with Crippen LogP contribution in [0, 0.1) is 0 Å². The maximum Gasteiger partial charge on any atom is 0.0713 e. The SMILES string of the molecule is C(=Cc1ccc2c(c1)c1ccccc1n2-c1ccccc1)c1ccc(-c2ccc3c(c2)C(c2ccccc2)(c2ccccc2)c2cc(-c4ccc(C=Cc5ccc6c(c5)c5ccccc5n6-c5ccccc5)cc4)ccc2-3)cc1. The Morgan fingerprint density at radius 1 is 0.241 bits per heavy atom. The van der Waals surface area contributed by atoms with E-state index >= 15 is 0 Å². The van der Waals surface area contributed by atoms with Gasteiger partial charge < -0.3 is 9.13 Å². The van der Waals surface area contributed by atoms with Gasteiger partial charge in [0.15, 0.2) is 0 Å². The first-order valence-corrected chi connectivity index (χ1v) is 27.3. The molecule has 370 valence electrons. The zero-order valence-corrected chi connectivity index (χ0v) is 43.4. The van der Waals surface area contributed by atoms with Gasteiger partial charge in [0.05, 0.1) is 27.5 Å². The summed E-state index contributed by atoms with van der Waals surface area (Å²) in [6.07, 6.45) is 8.93. The molecule has 0 amide bonds. The molecule has 0 atom stereocenters. The van der Waals surface area contributed by atoms with E-state index in [1.807, 2.05) is 0 Å². The molecule has 0 fully saturated rings. The minimum absolute atomic E-state index is 0.548. The second kappa shape index (κ2) is 19.1. The Labute approximate surface area is 460 Å². The van der Waals surface area contributed by atoms with Crippen molar-refractivity contribution in [1.82, 2.24) is 9.13 Å². The van der Waals surface area contributed by atoms with Crippen molar-refractivity contribution in [3.63, 3.8) is 0 Å². The van der Waals surface area contributed by atoms with E-state index in [1.54, 1.807) is 0 Å². The van der Waals surface area contributed by atoms with Crippen LogP contribution in [0.1, 0.15) is 44.5 Å². The van der Waals surface area contributed by atoms with E-state index in [9.17, 15) is 0 Å². The van der Waals surface area contributed by atoms with E-state index in [2.05, 4.69) is 325 Å². The monoisotopic (exact) mass is 1000 g/mol. The van der Waals surface area contributed by atoms with Crippen molar-refractivity contribution in [2.45, 2.75) is 5.41 Å². The molecule has 1 aliphatic carbocycles. The van der Waals surface area contributed by atoms with Gasteiger partial charge in [-0.1, -0.05) is 243 Å². The van der Waals surface area contributed by atoms with Crippen LogP contribution in [0.4, 0.5) is 0 Å². The summed E-state index contributed by atoms with van der Waals surface area (Å²) in [7, 11) is 0. The van der Waals surface area contributed by atoms with Crippen LogP contribution in [0.3, 0.4) is 0 Å². The van der Waals surface area contributed by atoms with Crippen LogP contribution in [0.2, 0.25) is 0 Å². The Hall–Kier alpha value is -10.3. The van der Waals surface area contributed by atoms with E-state index in [0.29, 0.717) is 0 Å². The van der Waals surface area contributed by atoms with Crippen LogP contribution in [-0.4, -0.2) is 9.13 Å². The van der Waals surface area contributed by atoms with Gasteiger partial charge in [-0.05, 0) is 151 Å². The van der Waals surface area contributed by atoms with Crippen LogP contribution in [0.15, 0.2) is 291 Å². The van der Waals surface area contributed by atoms with Crippen LogP contribution in [0.25, 0.3) is 113 Å². The van der Waals surface area contributed by atoms with Crippen molar-refractivity contribution in [2.24, 2.45) is 0 Å². The molecule has 1 aliphatic rings. The number of hydrogen-bond donors (Lipinski definition) is 0. The lowest BCUT2D eigenvalue weighted by Gasteiger charge is -2.34. The van der Waals surface area contributed by atoms with E-state index in [0.717, 1.165) is 11.1 Å². The average molecular weight is 1010 g/mol. The average Bonchev–Trinajstić information content (AvgIpc) is 3.61. The maximum atomic E-state index is 2.46. The molecule has 0 spiro atoms. The highest BCUT2D eigenvalue weighted by Crippen LogP contribution is 2.57. The van der Waals surface area contributed by atoms with Gasteiger partial charge in [0.1, 0.15) is 0 Å². The number of benzene rings is 12. The molecular formula is C77H52N2. The molecule has 0 bridgehead atoms. The highest BCUT2D eigenvalue weighted by atomic mass is 15.0. The van der Waals surface area contributed by atoms with Gasteiger partial charge in [0.2, 0.25) is 0 Å². The molecule has 0 N–H and O–H groups in total. The lowest BCUT2D eigenvalue weighted by molar-refractivity contribution is 0.769. The minimum atomic E-state index is -0.548. The molecule has 15 rings (SSSR count). The third-order valence-corrected chi connectivity index (χ3v) is 16.4. The summed E-state index contributed by atoms with van der Waals surface area (Å²) in [5.74, 6) is 0. The first-order valence-electron chi connectivity index (χ1n) is 27.3. The lowest BCUT2D eigenvalue weighted by Crippen LogP contribution is -2.28. The predicted molar refractivity (Wildman–Crippen MR) is 334 cm³/mol. The molecule has 2 aromatic heterocycles. The van der Waals surface area contributed by atoms with Crippen molar-refractivity contribution in [3.05, 3.63) is 336 Å². The van der Waals surface area contributed by atoms with Crippen LogP contribution in [0.5, 0.6) is 0 Å². The Balaban J connectivity index is 0.745. The smallest absolute Gasteiger partial charge is 0.0713 e. The molecule has 0 aliphatic heterocycles. The summed E-state index contributed by atoms with van der Waals surface area (Å²) in [6, 6.07) is 107. The normalized spacial score (nSPS) is 12.8. The van der Waals surface area contributed by atoms with E-state index < -0.39 is 5.41 Å². The van der Waals surface area contributed by atoms with E-state index in [-0.39, 0.29) is 0 Å². The van der Waals surface area contributed by atoms with Crippen molar-refractivity contribution < 1.29 is 0 Å². The minimum Gasteiger partial charge on any atom is -0.309 e. The van der Waals surface area contributed by atoms with Crippen LogP contribution < -0.4 is 0 Å². The van der Waals surface area contributed by atoms with Crippen molar-refractivity contribution in [3.8, 4) is 44.8 Å². The summed E-state index contributed by atoms with van der Waals surface area (Å²) < 4.78 is 4.73. The summed E-state index contributed by atoms with van der Waals surface area (Å²) in [5.41, 5.74) is 23.7. The number of fused-ring (bicyclic) bond motifs is 9. The molecular weight excluding hydrogens is 953 g/mol. The summed E-state index contributed by atoms with van der Waals surface area (Å²) in [4.78, 5) is 0. The van der Waals surface area contributed by atoms with Crippen molar-refractivity contribution >= 4 is 67.9 Å². The molecule has 12 aromatic carbocycles. The second-order valence-electron chi connectivity index (χ2n) is 20.8. The third-order valence-electron chi connectivity index (χ3n) is 16.4. The van der Waals surface area contributed by atoms with Gasteiger partial charge in [0.25, 0.3) is 0 Å². The highest BCUT2D eigenvalue weighted by molar-refractivity contribution is 6.11. The summed E-state index contributed by atoms with van der Waals surface area (Å²) in [6.45, 7) is 0. The van der Waals surface area contributed by atoms with E-state index in [1.165, 1.54) is 122 Å². The van der Waals surface area contributed by atoms with Crippen LogP contribution >= 0.6 is 0 Å². The lowest BCUT2D eigenvalue weighted by atomic mass is 9.67. The quantitative estimate of drug-likeness (QED) is 0.121. The number of nitrogens with zero attached hydrogens (tertiary/aromatic N) is 2. The second-order valence-corrected chi connectivity index (χ2v) is 20.8. The van der Waals surface area contributed by atoms with Crippen molar-refractivity contribution in [2.75, 3.05) is 0 Å². The highest BCUT2D eigenvalue weighted by Gasteiger charge is 2.46. The molecule has 0 unspecified atom stereocenters. The first-order chi connectivity index (χ1) is 39.2. The number of hydrogen-bond acceptors (Lipinski definition) is 0. The molecule has 79 heavy (non-hydrogen) atoms. The number of aromatic nitrogens is 2. The molecule has 14 aromatic rings. The molecule has 2 heterocycles. The zero-order valence-electron chi connectivity index (χ0n) is 43.4. The number of rotatable bonds is 10. The Morgan fingerprint density at radius 2 is 0.570 bits per heavy atom. The molecule has 0 saturated heterocycles. The van der Waals surface area contributed by atoms with Gasteiger partial charge in [-0.25, -0.2) is 0 Å². The topological polar surface area (TPSA) is 9.86 Å². The standard InChI is InChI=1S/C77H52N2/c1-5-17-61(18-6-1)77(62-19-7-2-8-20-62)71-51-59(57-39-33-53(34-40-57)29-31-55-37-47-75-69(49-55)67-25-13-15-27-73(67)78(75)63-21-9-3-10-22-63)43-45-65(71)66-46-44-60(52-72(66)77)58-41-35-54(36-42-58)30-32-56-38-48-76-70(50-56)68-26-14-16-28-74(68)79(76)64-23-11-4-12-24-64/h1-52H. The van der Waals surface area contributed by atoms with Gasteiger partial charge in [-0.15, -0.1) is 0 Å². The summed E-state index contributed by atoms with van der Waals surface area (Å²) in [5, 5.41) is 5.02. The fraction of sp³-hybridized carbons (Fsp3) is 0.0130. The van der Waals surface area contributed by atoms with Gasteiger partial charge in [0, 0.05) is 32.9 Å². The summed E-state index contributed by atoms with van der Waals surface area (Å²) >= 11 is 0. The van der Waals surface area contributed by atoms with Gasteiger partial charge >= 0.3 is 0 Å². The maximum absolute atomic E-state index is 2.46. The Bertz CT molecular complexity index is 4350. The zero-order chi connectivity index (χ0) is 52.3. The first kappa shape index (κ1) is 46.1. The Kier molecular flexibility index (Phi) is 11.1. The molecule has 0 radical (unpaired) electrons. The van der Waals surface area contributed by atoms with Gasteiger partial charge in [-0.2, -0.15) is 0 Å². The predicted octanol–water partition coefficient (Wildman–Crippen LogP) is 19.9. The number of para-hydroxylation sites is 4. The van der Waals surface area contributed by atoms with E-state index in [4.69, 9.17) is 0 Å². The third kappa shape index (κ3) is 7.79.